The summed E-state index contributed by atoms with van der Waals surface area (Å²) in [5, 5.41) is 9.73. The average molecular weight is 312 g/mol. The molecule has 9 heteroatoms. The number of sulfonamides is 1. The van der Waals surface area contributed by atoms with Crippen molar-refractivity contribution in [1.29, 1.82) is 0 Å². The van der Waals surface area contributed by atoms with Crippen LogP contribution in [0.3, 0.4) is 0 Å². The van der Waals surface area contributed by atoms with Crippen molar-refractivity contribution in [3.05, 3.63) is 11.5 Å². The third kappa shape index (κ3) is 4.43. The number of nitrogens with zero attached hydrogens (tertiary/aromatic N) is 2. The Balaban J connectivity index is 2.74. The van der Waals surface area contributed by atoms with Crippen molar-refractivity contribution in [1.82, 2.24) is 14.3 Å². The van der Waals surface area contributed by atoms with Crippen molar-refractivity contribution in [2.45, 2.75) is 24.0 Å². The first-order valence-electron chi connectivity index (χ1n) is 5.57. The minimum absolute atomic E-state index is 0.0176. The van der Waals surface area contributed by atoms with E-state index in [-0.39, 0.29) is 16.7 Å². The zero-order valence-electron chi connectivity index (χ0n) is 11.1. The number of imidazole rings is 1. The van der Waals surface area contributed by atoms with Crippen LogP contribution in [0.1, 0.15) is 13.3 Å². The third-order valence-electron chi connectivity index (χ3n) is 2.58. The molecule has 110 valence electrons. The molecule has 1 heterocycles. The topological polar surface area (TPSA) is 93.4 Å². The van der Waals surface area contributed by atoms with Gasteiger partial charge < -0.3 is 14.4 Å². The summed E-state index contributed by atoms with van der Waals surface area (Å²) in [6, 6.07) is 0. The van der Waals surface area contributed by atoms with Gasteiger partial charge in [0.1, 0.15) is 5.15 Å². The fourth-order valence-corrected chi connectivity index (χ4v) is 2.89. The summed E-state index contributed by atoms with van der Waals surface area (Å²) >= 11 is 5.83. The second-order valence-corrected chi connectivity index (χ2v) is 6.56. The molecule has 0 bridgehead atoms. The summed E-state index contributed by atoms with van der Waals surface area (Å²) in [7, 11) is -0.749. The number of aromatic nitrogens is 2. The maximum Gasteiger partial charge on any atom is 0.261 e. The van der Waals surface area contributed by atoms with Crippen LogP contribution in [0.5, 0.6) is 0 Å². The van der Waals surface area contributed by atoms with Gasteiger partial charge in [-0.05, 0) is 6.92 Å². The second kappa shape index (κ2) is 6.19. The number of aliphatic hydroxyl groups is 1. The molecule has 0 aliphatic rings. The molecule has 0 aliphatic carbocycles. The fourth-order valence-electron chi connectivity index (χ4n) is 1.30. The normalized spacial score (nSPS) is 15.4. The van der Waals surface area contributed by atoms with E-state index in [1.54, 1.807) is 7.05 Å². The van der Waals surface area contributed by atoms with Gasteiger partial charge in [-0.3, -0.25) is 0 Å². The van der Waals surface area contributed by atoms with Crippen LogP contribution in [0.25, 0.3) is 0 Å². The van der Waals surface area contributed by atoms with E-state index in [4.69, 9.17) is 16.3 Å². The summed E-state index contributed by atoms with van der Waals surface area (Å²) < 4.78 is 32.5. The number of hydrogen-bond acceptors (Lipinski definition) is 5. The molecule has 1 aromatic heterocycles. The Bertz CT molecular complexity index is 527. The van der Waals surface area contributed by atoms with Crippen LogP contribution in [-0.4, -0.2) is 48.9 Å². The first-order chi connectivity index (χ1) is 8.69. The van der Waals surface area contributed by atoms with Gasteiger partial charge in [0.15, 0.2) is 0 Å². The zero-order valence-corrected chi connectivity index (χ0v) is 12.6. The van der Waals surface area contributed by atoms with Crippen molar-refractivity contribution in [2.24, 2.45) is 7.05 Å². The Kier molecular flexibility index (Phi) is 5.34. The van der Waals surface area contributed by atoms with Crippen molar-refractivity contribution >= 4 is 21.6 Å². The lowest BCUT2D eigenvalue weighted by Gasteiger charge is -2.22. The molecular formula is C10H18ClN3O4S. The minimum atomic E-state index is -3.84. The Morgan fingerprint density at radius 3 is 2.74 bits per heavy atom. The number of hydrogen-bond donors (Lipinski definition) is 2. The molecule has 7 nitrogen and oxygen atoms in total. The Labute approximate surface area is 117 Å². The maximum absolute atomic E-state index is 12.0. The molecule has 1 unspecified atom stereocenters. The van der Waals surface area contributed by atoms with E-state index >= 15 is 0 Å². The molecule has 1 atom stereocenters. The van der Waals surface area contributed by atoms with Gasteiger partial charge in [0.2, 0.25) is 5.03 Å². The standard InChI is InChI=1S/C10H18ClN3O4S/c1-10(15,4-5-18-3)6-13-19(16,17)9-8(11)14(2)7-12-9/h7,13,15H,4-6H2,1-3H3. The van der Waals surface area contributed by atoms with Gasteiger partial charge in [0.05, 0.1) is 11.9 Å². The molecule has 0 spiro atoms. The van der Waals surface area contributed by atoms with Crippen LogP contribution in [0.4, 0.5) is 0 Å². The van der Waals surface area contributed by atoms with Gasteiger partial charge in [-0.2, -0.15) is 0 Å². The highest BCUT2D eigenvalue weighted by Crippen LogP contribution is 2.19. The molecule has 0 saturated carbocycles. The number of halogens is 1. The molecule has 1 aromatic rings. The first-order valence-corrected chi connectivity index (χ1v) is 7.43. The zero-order chi connectivity index (χ0) is 14.7. The van der Waals surface area contributed by atoms with Gasteiger partial charge >= 0.3 is 0 Å². The monoisotopic (exact) mass is 311 g/mol. The van der Waals surface area contributed by atoms with E-state index < -0.39 is 15.6 Å². The van der Waals surface area contributed by atoms with Gasteiger partial charge in [0.25, 0.3) is 10.0 Å². The molecule has 2 N–H and O–H groups in total. The van der Waals surface area contributed by atoms with Crippen LogP contribution >= 0.6 is 11.6 Å². The summed E-state index contributed by atoms with van der Waals surface area (Å²) in [6.07, 6.45) is 1.61. The van der Waals surface area contributed by atoms with E-state index in [0.717, 1.165) is 0 Å². The van der Waals surface area contributed by atoms with Crippen LogP contribution in [0.2, 0.25) is 5.15 Å². The molecule has 0 amide bonds. The molecule has 19 heavy (non-hydrogen) atoms. The summed E-state index contributed by atoms with van der Waals surface area (Å²) in [6.45, 7) is 1.71. The molecular weight excluding hydrogens is 294 g/mol. The van der Waals surface area contributed by atoms with E-state index in [1.165, 1.54) is 24.9 Å². The van der Waals surface area contributed by atoms with E-state index in [9.17, 15) is 13.5 Å². The second-order valence-electron chi connectivity index (χ2n) is 4.52. The van der Waals surface area contributed by atoms with Crippen LogP contribution in [-0.2, 0) is 21.8 Å². The van der Waals surface area contributed by atoms with Crippen molar-refractivity contribution < 1.29 is 18.3 Å². The third-order valence-corrected chi connectivity index (χ3v) is 4.47. The Morgan fingerprint density at radius 2 is 2.26 bits per heavy atom. The lowest BCUT2D eigenvalue weighted by molar-refractivity contribution is 0.0292. The largest absolute Gasteiger partial charge is 0.389 e. The fraction of sp³-hybridized carbons (Fsp3) is 0.700. The highest BCUT2D eigenvalue weighted by atomic mass is 35.5. The maximum atomic E-state index is 12.0. The van der Waals surface area contributed by atoms with Gasteiger partial charge in [0, 0.05) is 33.7 Å². The quantitative estimate of drug-likeness (QED) is 0.747. The summed E-state index contributed by atoms with van der Waals surface area (Å²) in [5.74, 6) is 0. The number of ether oxygens (including phenoxy) is 1. The van der Waals surface area contributed by atoms with Gasteiger partial charge in [-0.1, -0.05) is 11.6 Å². The summed E-state index contributed by atoms with van der Waals surface area (Å²) in [4.78, 5) is 3.72. The lowest BCUT2D eigenvalue weighted by atomic mass is 10.0. The number of nitrogens with one attached hydrogen (secondary N) is 1. The predicted molar refractivity (Wildman–Crippen MR) is 70.5 cm³/mol. The van der Waals surface area contributed by atoms with Crippen molar-refractivity contribution in [3.8, 4) is 0 Å². The number of rotatable bonds is 7. The SMILES string of the molecule is COCCC(C)(O)CNS(=O)(=O)c1ncn(C)c1Cl. The average Bonchev–Trinajstić information content (AvgIpc) is 2.66. The van der Waals surface area contributed by atoms with E-state index in [2.05, 4.69) is 9.71 Å². The number of aryl methyl sites for hydroxylation is 1. The van der Waals surface area contributed by atoms with Crippen molar-refractivity contribution in [2.75, 3.05) is 20.3 Å². The predicted octanol–water partition coefficient (Wildman–Crippen LogP) is 0.139. The Hall–Kier alpha value is -0.670. The number of methoxy groups -OCH3 is 1. The smallest absolute Gasteiger partial charge is 0.261 e. The van der Waals surface area contributed by atoms with Gasteiger partial charge in [-0.15, -0.1) is 0 Å². The van der Waals surface area contributed by atoms with Crippen molar-refractivity contribution in [3.63, 3.8) is 0 Å². The molecule has 1 rings (SSSR count). The molecule has 0 fully saturated rings. The van der Waals surface area contributed by atoms with Crippen LogP contribution < -0.4 is 4.72 Å². The molecule has 0 aliphatic heterocycles. The van der Waals surface area contributed by atoms with E-state index in [0.29, 0.717) is 13.0 Å². The van der Waals surface area contributed by atoms with E-state index in [1.807, 2.05) is 0 Å². The highest BCUT2D eigenvalue weighted by Gasteiger charge is 2.27. The summed E-state index contributed by atoms with van der Waals surface area (Å²) in [5.41, 5.74) is -1.20. The molecule has 0 aromatic carbocycles. The van der Waals surface area contributed by atoms with Crippen LogP contribution in [0, 0.1) is 0 Å². The van der Waals surface area contributed by atoms with Crippen LogP contribution in [0.15, 0.2) is 11.4 Å². The molecule has 0 saturated heterocycles. The minimum Gasteiger partial charge on any atom is -0.389 e. The Morgan fingerprint density at radius 1 is 1.63 bits per heavy atom. The molecule has 0 radical (unpaired) electrons. The first kappa shape index (κ1) is 16.4. The highest BCUT2D eigenvalue weighted by molar-refractivity contribution is 7.89. The van der Waals surface area contributed by atoms with Gasteiger partial charge in [-0.25, -0.2) is 18.1 Å². The lowest BCUT2D eigenvalue weighted by Crippen LogP contribution is -2.41.